The van der Waals surface area contributed by atoms with E-state index in [4.69, 9.17) is 19.9 Å². The van der Waals surface area contributed by atoms with Gasteiger partial charge in [0.1, 0.15) is 0 Å². The van der Waals surface area contributed by atoms with E-state index in [2.05, 4.69) is 6.92 Å². The van der Waals surface area contributed by atoms with Crippen molar-refractivity contribution in [3.05, 3.63) is 23.8 Å². The Morgan fingerprint density at radius 3 is 2.65 bits per heavy atom. The Morgan fingerprint density at radius 1 is 1.30 bits per heavy atom. The second-order valence-electron chi connectivity index (χ2n) is 5.86. The van der Waals surface area contributed by atoms with Gasteiger partial charge in [-0.25, -0.2) is 0 Å². The molecular formula is C16H25NO3. The Hall–Kier alpha value is -1.26. The van der Waals surface area contributed by atoms with Crippen LogP contribution in [0.5, 0.6) is 11.5 Å². The predicted octanol–water partition coefficient (Wildman–Crippen LogP) is 2.53. The molecule has 1 aliphatic heterocycles. The number of ether oxygens (including phenoxy) is 3. The van der Waals surface area contributed by atoms with Crippen LogP contribution in [0.4, 0.5) is 0 Å². The van der Waals surface area contributed by atoms with Crippen molar-refractivity contribution < 1.29 is 14.2 Å². The molecule has 4 heteroatoms. The van der Waals surface area contributed by atoms with Crippen LogP contribution in [0.25, 0.3) is 0 Å². The van der Waals surface area contributed by atoms with Crippen LogP contribution >= 0.6 is 0 Å². The summed E-state index contributed by atoms with van der Waals surface area (Å²) in [5.41, 5.74) is 7.33. The van der Waals surface area contributed by atoms with Crippen molar-refractivity contribution in [3.63, 3.8) is 0 Å². The SMILES string of the molecule is COc1ccc(CC(C)(N)CC2CCCO2)cc1OC. The van der Waals surface area contributed by atoms with Gasteiger partial charge in [0.15, 0.2) is 11.5 Å². The van der Waals surface area contributed by atoms with Crippen LogP contribution in [0.1, 0.15) is 31.7 Å². The van der Waals surface area contributed by atoms with Gasteiger partial charge in [-0.2, -0.15) is 0 Å². The Morgan fingerprint density at radius 2 is 2.05 bits per heavy atom. The van der Waals surface area contributed by atoms with Crippen LogP contribution < -0.4 is 15.2 Å². The number of rotatable bonds is 6. The topological polar surface area (TPSA) is 53.7 Å². The number of nitrogens with two attached hydrogens (primary N) is 1. The van der Waals surface area contributed by atoms with Gasteiger partial charge in [-0.3, -0.25) is 0 Å². The molecule has 1 saturated heterocycles. The molecule has 0 aromatic heterocycles. The third-order valence-electron chi connectivity index (χ3n) is 3.77. The largest absolute Gasteiger partial charge is 0.493 e. The zero-order valence-corrected chi connectivity index (χ0v) is 12.6. The van der Waals surface area contributed by atoms with Gasteiger partial charge in [0, 0.05) is 12.1 Å². The number of hydrogen-bond donors (Lipinski definition) is 1. The Balaban J connectivity index is 2.03. The second kappa shape index (κ2) is 6.46. The van der Waals surface area contributed by atoms with Crippen molar-refractivity contribution in [2.45, 2.75) is 44.2 Å². The van der Waals surface area contributed by atoms with Crippen LogP contribution in [-0.4, -0.2) is 32.5 Å². The van der Waals surface area contributed by atoms with Gasteiger partial charge in [0.25, 0.3) is 0 Å². The molecule has 1 aromatic rings. The molecule has 2 N–H and O–H groups in total. The van der Waals surface area contributed by atoms with E-state index in [1.54, 1.807) is 14.2 Å². The van der Waals surface area contributed by atoms with Crippen molar-refractivity contribution in [2.75, 3.05) is 20.8 Å². The molecule has 1 aliphatic rings. The highest BCUT2D eigenvalue weighted by atomic mass is 16.5. The van der Waals surface area contributed by atoms with Gasteiger partial charge in [0.2, 0.25) is 0 Å². The Labute approximate surface area is 121 Å². The van der Waals surface area contributed by atoms with E-state index in [0.29, 0.717) is 6.10 Å². The summed E-state index contributed by atoms with van der Waals surface area (Å²) in [4.78, 5) is 0. The van der Waals surface area contributed by atoms with Gasteiger partial charge in [-0.15, -0.1) is 0 Å². The van der Waals surface area contributed by atoms with Gasteiger partial charge in [0.05, 0.1) is 20.3 Å². The van der Waals surface area contributed by atoms with E-state index in [1.165, 1.54) is 0 Å². The molecule has 2 rings (SSSR count). The van der Waals surface area contributed by atoms with E-state index in [9.17, 15) is 0 Å². The monoisotopic (exact) mass is 279 g/mol. The zero-order chi connectivity index (χ0) is 14.6. The van der Waals surface area contributed by atoms with Gasteiger partial charge in [-0.1, -0.05) is 6.07 Å². The number of benzene rings is 1. The molecule has 0 radical (unpaired) electrons. The lowest BCUT2D eigenvalue weighted by Crippen LogP contribution is -2.41. The lowest BCUT2D eigenvalue weighted by molar-refractivity contribution is 0.0859. The van der Waals surface area contributed by atoms with Crippen molar-refractivity contribution in [3.8, 4) is 11.5 Å². The molecule has 1 heterocycles. The summed E-state index contributed by atoms with van der Waals surface area (Å²) >= 11 is 0. The summed E-state index contributed by atoms with van der Waals surface area (Å²) in [5.74, 6) is 1.49. The number of methoxy groups -OCH3 is 2. The van der Waals surface area contributed by atoms with Gasteiger partial charge < -0.3 is 19.9 Å². The minimum Gasteiger partial charge on any atom is -0.493 e. The first kappa shape index (κ1) is 15.1. The highest BCUT2D eigenvalue weighted by Gasteiger charge is 2.27. The molecule has 1 fully saturated rings. The molecular weight excluding hydrogens is 254 g/mol. The predicted molar refractivity (Wildman–Crippen MR) is 79.4 cm³/mol. The molecule has 1 aromatic carbocycles. The van der Waals surface area contributed by atoms with Gasteiger partial charge in [-0.05, 0) is 50.3 Å². The molecule has 0 aliphatic carbocycles. The average Bonchev–Trinajstić information content (AvgIpc) is 2.90. The molecule has 112 valence electrons. The number of hydrogen-bond acceptors (Lipinski definition) is 4. The Bertz CT molecular complexity index is 439. The van der Waals surface area contributed by atoms with Crippen LogP contribution in [0.15, 0.2) is 18.2 Å². The minimum atomic E-state index is -0.269. The van der Waals surface area contributed by atoms with Crippen molar-refractivity contribution >= 4 is 0 Å². The average molecular weight is 279 g/mol. The smallest absolute Gasteiger partial charge is 0.160 e. The fourth-order valence-electron chi connectivity index (χ4n) is 2.85. The fraction of sp³-hybridized carbons (Fsp3) is 0.625. The lowest BCUT2D eigenvalue weighted by Gasteiger charge is -2.28. The standard InChI is InChI=1S/C16H25NO3/c1-16(17,11-13-5-4-8-20-13)10-12-6-7-14(18-2)15(9-12)19-3/h6-7,9,13H,4-5,8,10-11,17H2,1-3H3. The maximum Gasteiger partial charge on any atom is 0.160 e. The summed E-state index contributed by atoms with van der Waals surface area (Å²) in [5, 5.41) is 0. The summed E-state index contributed by atoms with van der Waals surface area (Å²) in [6.45, 7) is 2.96. The van der Waals surface area contributed by atoms with E-state index < -0.39 is 0 Å². The maximum atomic E-state index is 6.44. The van der Waals surface area contributed by atoms with E-state index in [1.807, 2.05) is 18.2 Å². The molecule has 0 spiro atoms. The summed E-state index contributed by atoms with van der Waals surface area (Å²) in [6, 6.07) is 5.97. The molecule has 20 heavy (non-hydrogen) atoms. The first-order valence-corrected chi connectivity index (χ1v) is 7.15. The fourth-order valence-corrected chi connectivity index (χ4v) is 2.85. The minimum absolute atomic E-state index is 0.269. The van der Waals surface area contributed by atoms with Crippen molar-refractivity contribution in [1.29, 1.82) is 0 Å². The van der Waals surface area contributed by atoms with Crippen LogP contribution in [0.3, 0.4) is 0 Å². The summed E-state index contributed by atoms with van der Waals surface area (Å²) in [6.07, 6.45) is 4.27. The Kier molecular flexibility index (Phi) is 4.89. The quantitative estimate of drug-likeness (QED) is 0.869. The lowest BCUT2D eigenvalue weighted by atomic mass is 9.87. The first-order chi connectivity index (χ1) is 9.54. The third kappa shape index (κ3) is 3.87. The second-order valence-corrected chi connectivity index (χ2v) is 5.86. The molecule has 0 saturated carbocycles. The molecule has 4 nitrogen and oxygen atoms in total. The van der Waals surface area contributed by atoms with E-state index in [0.717, 1.165) is 49.4 Å². The first-order valence-electron chi connectivity index (χ1n) is 7.15. The maximum absolute atomic E-state index is 6.44. The normalized spacial score (nSPS) is 21.5. The zero-order valence-electron chi connectivity index (χ0n) is 12.6. The molecule has 2 unspecified atom stereocenters. The molecule has 0 amide bonds. The molecule has 2 atom stereocenters. The summed E-state index contributed by atoms with van der Waals surface area (Å²) in [7, 11) is 3.29. The summed E-state index contributed by atoms with van der Waals surface area (Å²) < 4.78 is 16.3. The van der Waals surface area contributed by atoms with Crippen LogP contribution in [0.2, 0.25) is 0 Å². The highest BCUT2D eigenvalue weighted by molar-refractivity contribution is 5.43. The highest BCUT2D eigenvalue weighted by Crippen LogP contribution is 2.30. The van der Waals surface area contributed by atoms with Crippen molar-refractivity contribution in [1.82, 2.24) is 0 Å². The third-order valence-corrected chi connectivity index (χ3v) is 3.77. The molecule has 0 bridgehead atoms. The van der Waals surface area contributed by atoms with E-state index in [-0.39, 0.29) is 5.54 Å². The van der Waals surface area contributed by atoms with E-state index >= 15 is 0 Å². The van der Waals surface area contributed by atoms with Gasteiger partial charge >= 0.3 is 0 Å². The van der Waals surface area contributed by atoms with Crippen LogP contribution in [-0.2, 0) is 11.2 Å². The van der Waals surface area contributed by atoms with Crippen molar-refractivity contribution in [2.24, 2.45) is 5.73 Å². The van der Waals surface area contributed by atoms with Crippen LogP contribution in [0, 0.1) is 0 Å².